The Balaban J connectivity index is 2.31. The third kappa shape index (κ3) is 3.72. The summed E-state index contributed by atoms with van der Waals surface area (Å²) in [4.78, 5) is 16.2. The molecule has 0 amide bonds. The second-order valence-corrected chi connectivity index (χ2v) is 5.84. The Labute approximate surface area is 117 Å². The Morgan fingerprint density at radius 2 is 1.95 bits per heavy atom. The lowest BCUT2D eigenvalue weighted by molar-refractivity contribution is 0.103. The van der Waals surface area contributed by atoms with E-state index in [2.05, 4.69) is 4.98 Å². The summed E-state index contributed by atoms with van der Waals surface area (Å²) in [5.74, 6) is -0.217. The van der Waals surface area contributed by atoms with Gasteiger partial charge in [0, 0.05) is 23.5 Å². The van der Waals surface area contributed by atoms with Crippen LogP contribution in [0.15, 0.2) is 48.8 Å². The lowest BCUT2D eigenvalue weighted by atomic mass is 10.00. The zero-order valence-electron chi connectivity index (χ0n) is 10.8. The van der Waals surface area contributed by atoms with Gasteiger partial charge in [0.25, 0.3) is 10.1 Å². The first-order valence-corrected chi connectivity index (χ1v) is 7.66. The Morgan fingerprint density at radius 1 is 1.20 bits per heavy atom. The third-order valence-corrected chi connectivity index (χ3v) is 3.16. The number of carbonyl (C=O) groups is 1. The molecule has 2 aromatic rings. The van der Waals surface area contributed by atoms with Gasteiger partial charge < -0.3 is 0 Å². The molecular weight excluding hydrogens is 278 g/mol. The molecule has 0 bridgehead atoms. The molecule has 1 heterocycles. The van der Waals surface area contributed by atoms with Crippen molar-refractivity contribution in [3.63, 3.8) is 0 Å². The number of benzene rings is 1. The standard InChI is InChI=1S/C14H13NO4S/c1-20(17,18)19-10-12-5-2-3-7-13(12)14(16)11-6-4-8-15-9-11/h2-9H,10H2,1H3. The first kappa shape index (κ1) is 14.4. The van der Waals surface area contributed by atoms with E-state index in [1.807, 2.05) is 0 Å². The fourth-order valence-corrected chi connectivity index (χ4v) is 2.03. The molecule has 0 aliphatic carbocycles. The molecule has 1 aromatic carbocycles. The lowest BCUT2D eigenvalue weighted by Crippen LogP contribution is -2.09. The Bertz CT molecular complexity index is 711. The van der Waals surface area contributed by atoms with Crippen molar-refractivity contribution in [1.29, 1.82) is 0 Å². The molecule has 0 radical (unpaired) electrons. The summed E-state index contributed by atoms with van der Waals surface area (Å²) in [5, 5.41) is 0. The third-order valence-electron chi connectivity index (χ3n) is 2.61. The molecule has 2 rings (SSSR count). The Kier molecular flexibility index (Phi) is 4.26. The summed E-state index contributed by atoms with van der Waals surface area (Å²) in [6.07, 6.45) is 4.02. The molecule has 0 aliphatic rings. The van der Waals surface area contributed by atoms with E-state index in [1.165, 1.54) is 6.20 Å². The van der Waals surface area contributed by atoms with Crippen molar-refractivity contribution in [2.45, 2.75) is 6.61 Å². The van der Waals surface area contributed by atoms with Gasteiger partial charge >= 0.3 is 0 Å². The molecule has 0 aliphatic heterocycles. The summed E-state index contributed by atoms with van der Waals surface area (Å²) in [6.45, 7) is -0.166. The minimum Gasteiger partial charge on any atom is -0.289 e. The first-order chi connectivity index (χ1) is 9.47. The number of carbonyl (C=O) groups excluding carboxylic acids is 1. The summed E-state index contributed by atoms with van der Waals surface area (Å²) in [6, 6.07) is 10.1. The number of pyridine rings is 1. The number of aromatic nitrogens is 1. The maximum atomic E-state index is 12.3. The molecule has 0 fully saturated rings. The molecule has 0 atom stereocenters. The number of rotatable bonds is 5. The highest BCUT2D eigenvalue weighted by atomic mass is 32.2. The first-order valence-electron chi connectivity index (χ1n) is 5.84. The smallest absolute Gasteiger partial charge is 0.264 e. The number of hydrogen-bond acceptors (Lipinski definition) is 5. The average Bonchev–Trinajstić information content (AvgIpc) is 2.45. The van der Waals surface area contributed by atoms with Crippen molar-refractivity contribution in [3.8, 4) is 0 Å². The normalized spacial score (nSPS) is 11.2. The van der Waals surface area contributed by atoms with Crippen molar-refractivity contribution < 1.29 is 17.4 Å². The number of ketones is 1. The summed E-state index contributed by atoms with van der Waals surface area (Å²) < 4.78 is 26.8. The summed E-state index contributed by atoms with van der Waals surface area (Å²) >= 11 is 0. The zero-order valence-corrected chi connectivity index (χ0v) is 11.6. The van der Waals surface area contributed by atoms with E-state index in [1.54, 1.807) is 42.6 Å². The topological polar surface area (TPSA) is 73.3 Å². The molecule has 5 nitrogen and oxygen atoms in total. The zero-order chi connectivity index (χ0) is 14.6. The molecular formula is C14H13NO4S. The average molecular weight is 291 g/mol. The maximum Gasteiger partial charge on any atom is 0.264 e. The van der Waals surface area contributed by atoms with Crippen LogP contribution >= 0.6 is 0 Å². The highest BCUT2D eigenvalue weighted by Crippen LogP contribution is 2.15. The number of hydrogen-bond donors (Lipinski definition) is 0. The minimum absolute atomic E-state index is 0.166. The molecule has 0 saturated carbocycles. The van der Waals surface area contributed by atoms with Gasteiger partial charge in [-0.1, -0.05) is 24.3 Å². The van der Waals surface area contributed by atoms with Crippen LogP contribution in [0.25, 0.3) is 0 Å². The van der Waals surface area contributed by atoms with Gasteiger partial charge in [0.05, 0.1) is 12.9 Å². The van der Waals surface area contributed by atoms with Crippen LogP contribution in [0.4, 0.5) is 0 Å². The predicted octanol–water partition coefficient (Wildman–Crippen LogP) is 1.79. The molecule has 0 spiro atoms. The molecule has 0 N–H and O–H groups in total. The van der Waals surface area contributed by atoms with Gasteiger partial charge in [0.15, 0.2) is 5.78 Å². The van der Waals surface area contributed by atoms with Crippen LogP contribution in [0.5, 0.6) is 0 Å². The van der Waals surface area contributed by atoms with E-state index in [4.69, 9.17) is 4.18 Å². The van der Waals surface area contributed by atoms with E-state index < -0.39 is 10.1 Å². The van der Waals surface area contributed by atoms with E-state index in [-0.39, 0.29) is 12.4 Å². The minimum atomic E-state index is -3.55. The summed E-state index contributed by atoms with van der Waals surface area (Å²) in [7, 11) is -3.55. The van der Waals surface area contributed by atoms with E-state index >= 15 is 0 Å². The summed E-state index contributed by atoms with van der Waals surface area (Å²) in [5.41, 5.74) is 1.37. The van der Waals surface area contributed by atoms with Gasteiger partial charge in [-0.05, 0) is 17.7 Å². The van der Waals surface area contributed by atoms with Crippen molar-refractivity contribution >= 4 is 15.9 Å². The predicted molar refractivity (Wildman–Crippen MR) is 73.7 cm³/mol. The van der Waals surface area contributed by atoms with Crippen molar-refractivity contribution in [3.05, 3.63) is 65.5 Å². The second-order valence-electron chi connectivity index (χ2n) is 4.19. The van der Waals surface area contributed by atoms with Crippen LogP contribution in [0, 0.1) is 0 Å². The van der Waals surface area contributed by atoms with E-state index in [0.717, 1.165) is 6.26 Å². The highest BCUT2D eigenvalue weighted by Gasteiger charge is 2.14. The largest absolute Gasteiger partial charge is 0.289 e. The molecule has 6 heteroatoms. The highest BCUT2D eigenvalue weighted by molar-refractivity contribution is 7.85. The monoisotopic (exact) mass is 291 g/mol. The van der Waals surface area contributed by atoms with E-state index in [0.29, 0.717) is 16.7 Å². The molecule has 20 heavy (non-hydrogen) atoms. The van der Waals surface area contributed by atoms with Crippen LogP contribution < -0.4 is 0 Å². The van der Waals surface area contributed by atoms with Gasteiger partial charge in [-0.25, -0.2) is 0 Å². The fraction of sp³-hybridized carbons (Fsp3) is 0.143. The molecule has 104 valence electrons. The molecule has 0 unspecified atom stereocenters. The maximum absolute atomic E-state index is 12.3. The van der Waals surface area contributed by atoms with E-state index in [9.17, 15) is 13.2 Å². The van der Waals surface area contributed by atoms with Crippen LogP contribution in [-0.2, 0) is 20.9 Å². The van der Waals surface area contributed by atoms with Crippen LogP contribution in [-0.4, -0.2) is 25.4 Å². The van der Waals surface area contributed by atoms with Crippen molar-refractivity contribution in [2.75, 3.05) is 6.26 Å². The molecule has 0 saturated heterocycles. The van der Waals surface area contributed by atoms with Crippen molar-refractivity contribution in [2.24, 2.45) is 0 Å². The molecule has 1 aromatic heterocycles. The van der Waals surface area contributed by atoms with Crippen LogP contribution in [0.3, 0.4) is 0 Å². The Hall–Kier alpha value is -2.05. The lowest BCUT2D eigenvalue weighted by Gasteiger charge is -2.08. The second kappa shape index (κ2) is 5.94. The van der Waals surface area contributed by atoms with Gasteiger partial charge in [0.1, 0.15) is 0 Å². The SMILES string of the molecule is CS(=O)(=O)OCc1ccccc1C(=O)c1cccnc1. The Morgan fingerprint density at radius 3 is 2.60 bits per heavy atom. The van der Waals surface area contributed by atoms with Crippen LogP contribution in [0.2, 0.25) is 0 Å². The van der Waals surface area contributed by atoms with Gasteiger partial charge in [-0.2, -0.15) is 8.42 Å². The number of nitrogens with zero attached hydrogens (tertiary/aromatic N) is 1. The van der Waals surface area contributed by atoms with Gasteiger partial charge in [-0.15, -0.1) is 0 Å². The quantitative estimate of drug-likeness (QED) is 0.620. The van der Waals surface area contributed by atoms with Crippen LogP contribution in [0.1, 0.15) is 21.5 Å². The van der Waals surface area contributed by atoms with Gasteiger partial charge in [0.2, 0.25) is 0 Å². The van der Waals surface area contributed by atoms with Gasteiger partial charge in [-0.3, -0.25) is 14.0 Å². The van der Waals surface area contributed by atoms with Crippen molar-refractivity contribution in [1.82, 2.24) is 4.98 Å². The fourth-order valence-electron chi connectivity index (χ4n) is 1.69.